The first-order valence-corrected chi connectivity index (χ1v) is 7.99. The fourth-order valence-electron chi connectivity index (χ4n) is 2.82. The van der Waals surface area contributed by atoms with E-state index in [-0.39, 0.29) is 24.3 Å². The zero-order valence-electron chi connectivity index (χ0n) is 13.6. The third-order valence-electron chi connectivity index (χ3n) is 4.10. The normalized spacial score (nSPS) is 16.6. The molecule has 2 heterocycles. The Hall–Kier alpha value is -2.49. The van der Waals surface area contributed by atoms with Crippen molar-refractivity contribution in [3.05, 3.63) is 41.9 Å². The smallest absolute Gasteiger partial charge is 0.417 e. The Balaban J connectivity index is 1.49. The number of benzene rings is 1. The number of amides is 1. The molecule has 6 nitrogen and oxygen atoms in total. The minimum Gasteiger partial charge on any atom is -0.417 e. The molecule has 1 N–H and O–H groups in total. The number of halogens is 4. The molecule has 1 saturated heterocycles. The van der Waals surface area contributed by atoms with Crippen LogP contribution in [-0.4, -0.2) is 40.6 Å². The molecular formula is C16H16F4N4O2. The van der Waals surface area contributed by atoms with Crippen LogP contribution in [0.15, 0.2) is 28.7 Å². The number of hydrogen-bond acceptors (Lipinski definition) is 5. The highest BCUT2D eigenvalue weighted by atomic mass is 19.4. The molecule has 0 aliphatic carbocycles. The van der Waals surface area contributed by atoms with Gasteiger partial charge in [-0.25, -0.2) is 4.39 Å². The minimum atomic E-state index is -4.65. The van der Waals surface area contributed by atoms with Crippen LogP contribution >= 0.6 is 0 Å². The summed E-state index contributed by atoms with van der Waals surface area (Å²) in [6.45, 7) is 1.12. The second-order valence-corrected chi connectivity index (χ2v) is 6.05. The zero-order valence-corrected chi connectivity index (χ0v) is 13.6. The Bertz CT molecular complexity index is 770. The van der Waals surface area contributed by atoms with Crippen LogP contribution in [0.5, 0.6) is 0 Å². The van der Waals surface area contributed by atoms with Gasteiger partial charge in [-0.3, -0.25) is 9.69 Å². The maximum atomic E-state index is 13.1. The van der Waals surface area contributed by atoms with E-state index in [9.17, 15) is 22.4 Å². The van der Waals surface area contributed by atoms with Gasteiger partial charge in [0.15, 0.2) is 0 Å². The van der Waals surface area contributed by atoms with Gasteiger partial charge in [0.1, 0.15) is 5.82 Å². The van der Waals surface area contributed by atoms with Gasteiger partial charge in [0, 0.05) is 11.6 Å². The van der Waals surface area contributed by atoms with Gasteiger partial charge in [-0.05, 0) is 44.1 Å². The van der Waals surface area contributed by atoms with Gasteiger partial charge in [-0.1, -0.05) is 6.07 Å². The number of aromatic nitrogens is 2. The maximum Gasteiger partial charge on any atom is 0.470 e. The van der Waals surface area contributed by atoms with Crippen molar-refractivity contribution in [1.29, 1.82) is 0 Å². The summed E-state index contributed by atoms with van der Waals surface area (Å²) in [4.78, 5) is 13.9. The van der Waals surface area contributed by atoms with Gasteiger partial charge >= 0.3 is 12.1 Å². The summed E-state index contributed by atoms with van der Waals surface area (Å²) in [7, 11) is 0. The predicted molar refractivity (Wildman–Crippen MR) is 82.7 cm³/mol. The summed E-state index contributed by atoms with van der Waals surface area (Å²) in [5.41, 5.74) is 0.371. The zero-order chi connectivity index (χ0) is 18.7. The van der Waals surface area contributed by atoms with Gasteiger partial charge in [0.05, 0.1) is 6.54 Å². The number of alkyl halides is 3. The van der Waals surface area contributed by atoms with Gasteiger partial charge in [-0.15, -0.1) is 10.2 Å². The van der Waals surface area contributed by atoms with Gasteiger partial charge < -0.3 is 9.73 Å². The summed E-state index contributed by atoms with van der Waals surface area (Å²) in [5, 5.41) is 9.13. The molecular weight excluding hydrogens is 356 g/mol. The van der Waals surface area contributed by atoms with Gasteiger partial charge in [0.25, 0.3) is 0 Å². The summed E-state index contributed by atoms with van der Waals surface area (Å²) in [5.74, 6) is -2.36. The molecule has 0 spiro atoms. The number of rotatable bonds is 4. The molecule has 1 fully saturated rings. The average Bonchev–Trinajstić information content (AvgIpc) is 3.06. The lowest BCUT2D eigenvalue weighted by molar-refractivity contribution is -0.157. The van der Waals surface area contributed by atoms with Crippen molar-refractivity contribution < 1.29 is 26.8 Å². The molecule has 2 aromatic rings. The first-order valence-electron chi connectivity index (χ1n) is 7.99. The van der Waals surface area contributed by atoms with Crippen molar-refractivity contribution in [2.45, 2.75) is 24.9 Å². The quantitative estimate of drug-likeness (QED) is 0.836. The van der Waals surface area contributed by atoms with E-state index in [0.717, 1.165) is 0 Å². The van der Waals surface area contributed by atoms with Crippen LogP contribution in [0.2, 0.25) is 0 Å². The van der Waals surface area contributed by atoms with Crippen molar-refractivity contribution in [3.63, 3.8) is 0 Å². The molecule has 0 saturated carbocycles. The molecule has 140 valence electrons. The van der Waals surface area contributed by atoms with Crippen LogP contribution in [0.4, 0.5) is 23.2 Å². The van der Waals surface area contributed by atoms with Crippen LogP contribution in [0.3, 0.4) is 0 Å². The maximum absolute atomic E-state index is 13.1. The molecule has 0 unspecified atom stereocenters. The molecule has 3 rings (SSSR count). The standard InChI is InChI=1S/C16H16F4N4O2/c17-11-2-1-3-12(8-11)21-13(25)9-24-6-4-10(5-7-24)14-22-23-15(26-14)16(18,19)20/h1-3,8,10H,4-7,9H2,(H,21,25). The highest BCUT2D eigenvalue weighted by Gasteiger charge is 2.39. The van der Waals surface area contributed by atoms with Crippen LogP contribution in [0.25, 0.3) is 0 Å². The number of nitrogens with one attached hydrogen (secondary N) is 1. The van der Waals surface area contributed by atoms with Gasteiger partial charge in [0.2, 0.25) is 11.8 Å². The Morgan fingerprint density at radius 1 is 1.27 bits per heavy atom. The lowest BCUT2D eigenvalue weighted by Gasteiger charge is -2.29. The second kappa shape index (κ2) is 7.40. The first-order chi connectivity index (χ1) is 12.3. The van der Waals surface area contributed by atoms with E-state index in [1.54, 1.807) is 6.07 Å². The van der Waals surface area contributed by atoms with Crippen molar-refractivity contribution in [1.82, 2.24) is 15.1 Å². The van der Waals surface area contributed by atoms with E-state index >= 15 is 0 Å². The fourth-order valence-corrected chi connectivity index (χ4v) is 2.82. The third-order valence-corrected chi connectivity index (χ3v) is 4.10. The predicted octanol–water partition coefficient (Wildman–Crippen LogP) is 3.05. The highest BCUT2D eigenvalue weighted by Crippen LogP contribution is 2.32. The number of carbonyl (C=O) groups is 1. The van der Waals surface area contributed by atoms with E-state index in [1.807, 2.05) is 4.90 Å². The molecule has 1 aromatic carbocycles. The molecule has 1 aromatic heterocycles. The Labute approximate surface area is 146 Å². The number of likely N-dealkylation sites (tertiary alicyclic amines) is 1. The van der Waals surface area contributed by atoms with Crippen LogP contribution in [-0.2, 0) is 11.0 Å². The molecule has 1 aliphatic rings. The Morgan fingerprint density at radius 3 is 2.62 bits per heavy atom. The van der Waals surface area contributed by atoms with Crippen LogP contribution < -0.4 is 5.32 Å². The molecule has 0 radical (unpaired) electrons. The minimum absolute atomic E-state index is 0.0267. The number of anilines is 1. The average molecular weight is 372 g/mol. The van der Waals surface area contributed by atoms with Crippen LogP contribution in [0.1, 0.15) is 30.5 Å². The van der Waals surface area contributed by atoms with E-state index in [4.69, 9.17) is 4.42 Å². The number of hydrogen-bond donors (Lipinski definition) is 1. The summed E-state index contributed by atoms with van der Waals surface area (Å²) in [6.07, 6.45) is -3.64. The van der Waals surface area contributed by atoms with E-state index < -0.39 is 17.9 Å². The van der Waals surface area contributed by atoms with E-state index in [2.05, 4.69) is 15.5 Å². The highest BCUT2D eigenvalue weighted by molar-refractivity contribution is 5.92. The van der Waals surface area contributed by atoms with Gasteiger partial charge in [-0.2, -0.15) is 13.2 Å². The number of carbonyl (C=O) groups excluding carboxylic acids is 1. The van der Waals surface area contributed by atoms with Crippen molar-refractivity contribution in [3.8, 4) is 0 Å². The molecule has 26 heavy (non-hydrogen) atoms. The largest absolute Gasteiger partial charge is 0.470 e. The summed E-state index contributed by atoms with van der Waals surface area (Å²) >= 11 is 0. The summed E-state index contributed by atoms with van der Waals surface area (Å²) in [6, 6.07) is 5.58. The van der Waals surface area contributed by atoms with E-state index in [1.165, 1.54) is 18.2 Å². The van der Waals surface area contributed by atoms with E-state index in [0.29, 0.717) is 31.6 Å². The lowest BCUT2D eigenvalue weighted by atomic mass is 9.97. The topological polar surface area (TPSA) is 71.3 Å². The molecule has 0 atom stereocenters. The van der Waals surface area contributed by atoms with Crippen molar-refractivity contribution in [2.24, 2.45) is 0 Å². The molecule has 10 heteroatoms. The lowest BCUT2D eigenvalue weighted by Crippen LogP contribution is -2.38. The third kappa shape index (κ3) is 4.57. The Morgan fingerprint density at radius 2 is 2.00 bits per heavy atom. The summed E-state index contributed by atoms with van der Waals surface area (Å²) < 4.78 is 55.3. The first kappa shape index (κ1) is 18.3. The second-order valence-electron chi connectivity index (χ2n) is 6.05. The van der Waals surface area contributed by atoms with Crippen LogP contribution in [0, 0.1) is 5.82 Å². The SMILES string of the molecule is O=C(CN1CCC(c2nnc(C(F)(F)F)o2)CC1)Nc1cccc(F)c1. The number of nitrogens with zero attached hydrogens (tertiary/aromatic N) is 3. The van der Waals surface area contributed by atoms with Crippen molar-refractivity contribution in [2.75, 3.05) is 25.0 Å². The fraction of sp³-hybridized carbons (Fsp3) is 0.438. The molecule has 1 aliphatic heterocycles. The Kier molecular flexibility index (Phi) is 5.21. The monoisotopic (exact) mass is 372 g/mol. The molecule has 1 amide bonds. The molecule has 0 bridgehead atoms. The van der Waals surface area contributed by atoms with Crippen molar-refractivity contribution >= 4 is 11.6 Å². The number of piperidine rings is 1.